The predicted molar refractivity (Wildman–Crippen MR) is 75.0 cm³/mol. The van der Waals surface area contributed by atoms with Crippen LogP contribution in [0.3, 0.4) is 0 Å². The van der Waals surface area contributed by atoms with Gasteiger partial charge in [0.05, 0.1) is 11.6 Å². The van der Waals surface area contributed by atoms with Gasteiger partial charge < -0.3 is 10.4 Å². The van der Waals surface area contributed by atoms with Crippen LogP contribution in [0, 0.1) is 0 Å². The summed E-state index contributed by atoms with van der Waals surface area (Å²) in [6.45, 7) is 7.16. The Morgan fingerprint density at radius 1 is 1.56 bits per heavy atom. The Morgan fingerprint density at radius 2 is 2.39 bits per heavy atom. The minimum atomic E-state index is -0.562. The molecule has 0 radical (unpaired) electrons. The summed E-state index contributed by atoms with van der Waals surface area (Å²) in [6.07, 6.45) is 1.97. The summed E-state index contributed by atoms with van der Waals surface area (Å²) >= 11 is 1.87. The average molecular weight is 266 g/mol. The van der Waals surface area contributed by atoms with Gasteiger partial charge in [0, 0.05) is 24.0 Å². The molecule has 2 aliphatic heterocycles. The van der Waals surface area contributed by atoms with Crippen molar-refractivity contribution >= 4 is 11.3 Å². The summed E-state index contributed by atoms with van der Waals surface area (Å²) in [7, 11) is 0. The monoisotopic (exact) mass is 266 g/mol. The van der Waals surface area contributed by atoms with Gasteiger partial charge in [-0.1, -0.05) is 0 Å². The largest absolute Gasteiger partial charge is 0.388 e. The molecule has 0 saturated carbocycles. The average Bonchev–Trinajstić information content (AvgIpc) is 2.79. The third-order valence-electron chi connectivity index (χ3n) is 4.59. The second kappa shape index (κ2) is 4.60. The first-order valence-electron chi connectivity index (χ1n) is 6.85. The van der Waals surface area contributed by atoms with E-state index in [1.807, 2.05) is 18.3 Å². The van der Waals surface area contributed by atoms with Gasteiger partial charge in [-0.2, -0.15) is 0 Å². The molecule has 2 aliphatic rings. The summed E-state index contributed by atoms with van der Waals surface area (Å²) < 4.78 is 0. The van der Waals surface area contributed by atoms with Crippen molar-refractivity contribution in [3.05, 3.63) is 21.9 Å². The molecule has 2 N–H and O–H groups in total. The van der Waals surface area contributed by atoms with Crippen molar-refractivity contribution in [3.63, 3.8) is 0 Å². The van der Waals surface area contributed by atoms with Crippen LogP contribution in [0.2, 0.25) is 0 Å². The van der Waals surface area contributed by atoms with Crippen molar-refractivity contribution < 1.29 is 5.11 Å². The van der Waals surface area contributed by atoms with E-state index in [-0.39, 0.29) is 6.04 Å². The molecule has 1 fully saturated rings. The summed E-state index contributed by atoms with van der Waals surface area (Å²) in [5.41, 5.74) is 0.903. The quantitative estimate of drug-likeness (QED) is 0.813. The van der Waals surface area contributed by atoms with Crippen molar-refractivity contribution in [2.24, 2.45) is 0 Å². The molecule has 0 aliphatic carbocycles. The fourth-order valence-corrected chi connectivity index (χ4v) is 4.36. The maximum atomic E-state index is 10.6. The Balaban J connectivity index is 1.85. The lowest BCUT2D eigenvalue weighted by molar-refractivity contribution is -0.0666. The second-order valence-electron chi connectivity index (χ2n) is 5.79. The van der Waals surface area contributed by atoms with Gasteiger partial charge in [-0.25, -0.2) is 0 Å². The maximum absolute atomic E-state index is 10.6. The first-order chi connectivity index (χ1) is 8.59. The van der Waals surface area contributed by atoms with Crippen LogP contribution in [0.1, 0.15) is 36.8 Å². The summed E-state index contributed by atoms with van der Waals surface area (Å²) in [5, 5.41) is 16.2. The van der Waals surface area contributed by atoms with Crippen LogP contribution in [-0.2, 0) is 6.42 Å². The number of aliphatic hydroxyl groups is 1. The van der Waals surface area contributed by atoms with Crippen molar-refractivity contribution in [1.82, 2.24) is 10.2 Å². The summed E-state index contributed by atoms with van der Waals surface area (Å²) in [5.74, 6) is 0. The van der Waals surface area contributed by atoms with Crippen molar-refractivity contribution in [2.75, 3.05) is 19.6 Å². The molecule has 1 aromatic rings. The standard InChI is InChI=1S/C14H22N2OS/c1-10-11-4-8-18-12(11)3-7-16(10)13-9-15-6-5-14(13,2)17/h4,8,10,13,15,17H,3,5-7,9H2,1-2H3. The number of rotatable bonds is 1. The third-order valence-corrected chi connectivity index (χ3v) is 5.58. The molecule has 3 unspecified atom stereocenters. The van der Waals surface area contributed by atoms with Crippen molar-refractivity contribution in [3.8, 4) is 0 Å². The third kappa shape index (κ3) is 2.01. The molecule has 4 heteroatoms. The summed E-state index contributed by atoms with van der Waals surface area (Å²) in [4.78, 5) is 4.02. The number of nitrogens with one attached hydrogen (secondary N) is 1. The highest BCUT2D eigenvalue weighted by Crippen LogP contribution is 2.37. The second-order valence-corrected chi connectivity index (χ2v) is 6.79. The molecule has 0 aromatic carbocycles. The first-order valence-corrected chi connectivity index (χ1v) is 7.72. The molecule has 3 rings (SSSR count). The topological polar surface area (TPSA) is 35.5 Å². The molecule has 3 heterocycles. The Bertz CT molecular complexity index is 429. The lowest BCUT2D eigenvalue weighted by atomic mass is 9.85. The smallest absolute Gasteiger partial charge is 0.0798 e. The maximum Gasteiger partial charge on any atom is 0.0798 e. The van der Waals surface area contributed by atoms with E-state index in [4.69, 9.17) is 0 Å². The molecule has 0 bridgehead atoms. The number of hydrogen-bond donors (Lipinski definition) is 2. The minimum Gasteiger partial charge on any atom is -0.388 e. The fraction of sp³-hybridized carbons (Fsp3) is 0.714. The van der Waals surface area contributed by atoms with Crippen molar-refractivity contribution in [1.29, 1.82) is 0 Å². The van der Waals surface area contributed by atoms with Crippen LogP contribution in [0.4, 0.5) is 0 Å². The molecular formula is C14H22N2OS. The van der Waals surface area contributed by atoms with Crippen LogP contribution >= 0.6 is 11.3 Å². The number of piperidine rings is 1. The van der Waals surface area contributed by atoms with Gasteiger partial charge in [0.15, 0.2) is 0 Å². The number of fused-ring (bicyclic) bond motifs is 1. The first kappa shape index (κ1) is 12.6. The molecule has 0 amide bonds. The molecule has 18 heavy (non-hydrogen) atoms. The van der Waals surface area contributed by atoms with Gasteiger partial charge in [0.1, 0.15) is 0 Å². The van der Waals surface area contributed by atoms with Crippen LogP contribution in [0.5, 0.6) is 0 Å². The molecule has 1 aromatic heterocycles. The lowest BCUT2D eigenvalue weighted by Gasteiger charge is -2.48. The van der Waals surface area contributed by atoms with E-state index in [9.17, 15) is 5.11 Å². The van der Waals surface area contributed by atoms with Gasteiger partial charge in [-0.3, -0.25) is 4.90 Å². The van der Waals surface area contributed by atoms with Gasteiger partial charge in [-0.15, -0.1) is 11.3 Å². The van der Waals surface area contributed by atoms with Gasteiger partial charge in [0.25, 0.3) is 0 Å². The van der Waals surface area contributed by atoms with Crippen LogP contribution in [0.15, 0.2) is 11.4 Å². The van der Waals surface area contributed by atoms with Crippen LogP contribution in [0.25, 0.3) is 0 Å². The minimum absolute atomic E-state index is 0.231. The Labute approximate surface area is 113 Å². The van der Waals surface area contributed by atoms with E-state index in [1.54, 1.807) is 0 Å². The van der Waals surface area contributed by atoms with Gasteiger partial charge >= 0.3 is 0 Å². The Hall–Kier alpha value is -0.420. The molecule has 100 valence electrons. The van der Waals surface area contributed by atoms with E-state index in [0.29, 0.717) is 6.04 Å². The predicted octanol–water partition coefficient (Wildman–Crippen LogP) is 1.78. The van der Waals surface area contributed by atoms with Gasteiger partial charge in [0.2, 0.25) is 0 Å². The Kier molecular flexibility index (Phi) is 3.22. The van der Waals surface area contributed by atoms with E-state index >= 15 is 0 Å². The van der Waals surface area contributed by atoms with E-state index in [0.717, 1.165) is 32.5 Å². The highest BCUT2D eigenvalue weighted by atomic mass is 32.1. The lowest BCUT2D eigenvalue weighted by Crippen LogP contribution is -2.61. The number of hydrogen-bond acceptors (Lipinski definition) is 4. The molecule has 1 saturated heterocycles. The highest BCUT2D eigenvalue weighted by molar-refractivity contribution is 7.10. The highest BCUT2D eigenvalue weighted by Gasteiger charge is 2.41. The zero-order chi connectivity index (χ0) is 12.8. The molecular weight excluding hydrogens is 244 g/mol. The zero-order valence-electron chi connectivity index (χ0n) is 11.1. The molecule has 3 nitrogen and oxygen atoms in total. The van der Waals surface area contributed by atoms with E-state index in [2.05, 4.69) is 28.6 Å². The Morgan fingerprint density at radius 3 is 3.17 bits per heavy atom. The van der Waals surface area contributed by atoms with Crippen molar-refractivity contribution in [2.45, 2.75) is 44.4 Å². The van der Waals surface area contributed by atoms with Crippen LogP contribution < -0.4 is 5.32 Å². The summed E-state index contributed by atoms with van der Waals surface area (Å²) in [6, 6.07) is 2.91. The molecule has 0 spiro atoms. The normalized spacial score (nSPS) is 37.5. The van der Waals surface area contributed by atoms with Crippen LogP contribution in [-0.4, -0.2) is 41.3 Å². The zero-order valence-corrected chi connectivity index (χ0v) is 12.0. The van der Waals surface area contributed by atoms with E-state index in [1.165, 1.54) is 10.4 Å². The SMILES string of the molecule is CC1c2ccsc2CCN1C1CNCCC1(C)O. The number of nitrogens with zero attached hydrogens (tertiary/aromatic N) is 1. The molecule has 3 atom stereocenters. The fourth-order valence-electron chi connectivity index (χ4n) is 3.40. The number of thiophene rings is 1. The van der Waals surface area contributed by atoms with Gasteiger partial charge in [-0.05, 0) is 50.2 Å². The van der Waals surface area contributed by atoms with E-state index < -0.39 is 5.60 Å².